The van der Waals surface area contributed by atoms with Gasteiger partial charge in [-0.05, 0) is 49.0 Å². The Morgan fingerprint density at radius 1 is 1.40 bits per heavy atom. The Morgan fingerprint density at radius 3 is 2.73 bits per heavy atom. The highest BCUT2D eigenvalue weighted by Gasteiger charge is 2.12. The molecule has 3 N–H and O–H groups in total. The van der Waals surface area contributed by atoms with Crippen molar-refractivity contribution in [2.75, 3.05) is 12.0 Å². The molecule has 0 saturated heterocycles. The molecule has 0 aliphatic heterocycles. The maximum absolute atomic E-state index is 5.61. The summed E-state index contributed by atoms with van der Waals surface area (Å²) < 4.78 is 0. The summed E-state index contributed by atoms with van der Waals surface area (Å²) in [5, 5.41) is 0. The Hall–Kier alpha value is -0.510. The predicted molar refractivity (Wildman–Crippen MR) is 69.0 cm³/mol. The molecule has 0 aliphatic rings. The minimum atomic E-state index is 0.275. The number of rotatable bonds is 5. The molecular formula is C12H20N2S. The Labute approximate surface area is 96.6 Å². The van der Waals surface area contributed by atoms with Gasteiger partial charge in [-0.25, -0.2) is 0 Å². The van der Waals surface area contributed by atoms with E-state index in [4.69, 9.17) is 5.84 Å². The molecule has 84 valence electrons. The van der Waals surface area contributed by atoms with E-state index in [1.54, 1.807) is 0 Å². The average molecular weight is 224 g/mol. The van der Waals surface area contributed by atoms with Gasteiger partial charge in [0.1, 0.15) is 0 Å². The van der Waals surface area contributed by atoms with Crippen molar-refractivity contribution in [1.29, 1.82) is 0 Å². The van der Waals surface area contributed by atoms with E-state index in [1.807, 2.05) is 11.8 Å². The van der Waals surface area contributed by atoms with Gasteiger partial charge in [0.25, 0.3) is 0 Å². The summed E-state index contributed by atoms with van der Waals surface area (Å²) in [4.78, 5) is 0. The predicted octanol–water partition coefficient (Wildman–Crippen LogP) is 2.56. The van der Waals surface area contributed by atoms with Crippen LogP contribution in [0, 0.1) is 13.8 Å². The molecule has 1 aromatic rings. The minimum absolute atomic E-state index is 0.275. The van der Waals surface area contributed by atoms with Crippen molar-refractivity contribution in [3.63, 3.8) is 0 Å². The van der Waals surface area contributed by atoms with Gasteiger partial charge in [-0.1, -0.05) is 18.2 Å². The van der Waals surface area contributed by atoms with Crippen LogP contribution in [0.3, 0.4) is 0 Å². The zero-order chi connectivity index (χ0) is 11.3. The summed E-state index contributed by atoms with van der Waals surface area (Å²) in [5.41, 5.74) is 6.91. The average Bonchev–Trinajstić information content (AvgIpc) is 2.25. The smallest absolute Gasteiger partial charge is 0.0470 e. The van der Waals surface area contributed by atoms with Gasteiger partial charge in [0.2, 0.25) is 0 Å². The Bertz CT molecular complexity index is 312. The Balaban J connectivity index is 2.86. The molecule has 1 aromatic carbocycles. The first-order chi connectivity index (χ1) is 7.20. The molecule has 1 atom stereocenters. The van der Waals surface area contributed by atoms with Crippen molar-refractivity contribution in [3.05, 3.63) is 34.9 Å². The van der Waals surface area contributed by atoms with Gasteiger partial charge in [0.15, 0.2) is 0 Å². The van der Waals surface area contributed by atoms with Crippen molar-refractivity contribution < 1.29 is 0 Å². The molecule has 0 aliphatic carbocycles. The van der Waals surface area contributed by atoms with Crippen molar-refractivity contribution >= 4 is 11.8 Å². The van der Waals surface area contributed by atoms with E-state index >= 15 is 0 Å². The molecule has 2 nitrogen and oxygen atoms in total. The molecule has 0 aromatic heterocycles. The van der Waals surface area contributed by atoms with Crippen molar-refractivity contribution in [3.8, 4) is 0 Å². The molecule has 1 rings (SSSR count). The molecular weight excluding hydrogens is 204 g/mol. The van der Waals surface area contributed by atoms with Crippen LogP contribution in [-0.4, -0.2) is 12.0 Å². The van der Waals surface area contributed by atoms with Crippen LogP contribution in [0.5, 0.6) is 0 Å². The molecule has 0 amide bonds. The van der Waals surface area contributed by atoms with Crippen LogP contribution < -0.4 is 11.3 Å². The fraction of sp³-hybridized carbons (Fsp3) is 0.500. The monoisotopic (exact) mass is 224 g/mol. The lowest BCUT2D eigenvalue weighted by Crippen LogP contribution is -2.29. The molecule has 0 bridgehead atoms. The van der Waals surface area contributed by atoms with Gasteiger partial charge in [0, 0.05) is 6.04 Å². The van der Waals surface area contributed by atoms with Crippen LogP contribution in [0.4, 0.5) is 0 Å². The maximum atomic E-state index is 5.61. The van der Waals surface area contributed by atoms with E-state index < -0.39 is 0 Å². The third-order valence-corrected chi connectivity index (χ3v) is 3.48. The van der Waals surface area contributed by atoms with E-state index in [0.29, 0.717) is 0 Å². The summed E-state index contributed by atoms with van der Waals surface area (Å²) in [5.74, 6) is 6.73. The molecule has 1 unspecified atom stereocenters. The SMILES string of the molecule is CSCCC(NN)c1cccc(C)c1C. The molecule has 15 heavy (non-hydrogen) atoms. The number of nitrogens with two attached hydrogens (primary N) is 1. The van der Waals surface area contributed by atoms with Crippen LogP contribution in [-0.2, 0) is 0 Å². The van der Waals surface area contributed by atoms with Crippen molar-refractivity contribution in [2.24, 2.45) is 5.84 Å². The zero-order valence-corrected chi connectivity index (χ0v) is 10.5. The Morgan fingerprint density at radius 2 is 2.13 bits per heavy atom. The lowest BCUT2D eigenvalue weighted by molar-refractivity contribution is 0.540. The van der Waals surface area contributed by atoms with E-state index in [0.717, 1.165) is 12.2 Å². The van der Waals surface area contributed by atoms with E-state index in [1.165, 1.54) is 16.7 Å². The third kappa shape index (κ3) is 3.23. The number of aryl methyl sites for hydroxylation is 1. The first-order valence-corrected chi connectivity index (χ1v) is 6.61. The second kappa shape index (κ2) is 6.16. The van der Waals surface area contributed by atoms with E-state index in [9.17, 15) is 0 Å². The van der Waals surface area contributed by atoms with Crippen molar-refractivity contribution in [2.45, 2.75) is 26.3 Å². The van der Waals surface area contributed by atoms with Crippen LogP contribution in [0.15, 0.2) is 18.2 Å². The first kappa shape index (κ1) is 12.6. The second-order valence-electron chi connectivity index (χ2n) is 3.79. The number of hydrogen-bond acceptors (Lipinski definition) is 3. The molecule has 0 fully saturated rings. The molecule has 0 spiro atoms. The first-order valence-electron chi connectivity index (χ1n) is 5.22. The van der Waals surface area contributed by atoms with Gasteiger partial charge < -0.3 is 0 Å². The summed E-state index contributed by atoms with van der Waals surface area (Å²) in [6, 6.07) is 6.67. The second-order valence-corrected chi connectivity index (χ2v) is 4.78. The lowest BCUT2D eigenvalue weighted by atomic mass is 9.96. The standard InChI is InChI=1S/C12H20N2S/c1-9-5-4-6-11(10(9)2)12(14-13)7-8-15-3/h4-6,12,14H,7-8,13H2,1-3H3. The lowest BCUT2D eigenvalue weighted by Gasteiger charge is -2.19. The fourth-order valence-electron chi connectivity index (χ4n) is 1.72. The van der Waals surface area contributed by atoms with Gasteiger partial charge in [-0.3, -0.25) is 11.3 Å². The van der Waals surface area contributed by atoms with Crippen LogP contribution in [0.2, 0.25) is 0 Å². The molecule has 0 saturated carbocycles. The van der Waals surface area contributed by atoms with E-state index in [-0.39, 0.29) is 6.04 Å². The summed E-state index contributed by atoms with van der Waals surface area (Å²) in [6.45, 7) is 4.30. The van der Waals surface area contributed by atoms with Gasteiger partial charge in [-0.15, -0.1) is 0 Å². The molecule has 0 heterocycles. The largest absolute Gasteiger partial charge is 0.271 e. The highest BCUT2D eigenvalue weighted by Crippen LogP contribution is 2.23. The fourth-order valence-corrected chi connectivity index (χ4v) is 2.19. The topological polar surface area (TPSA) is 38.0 Å². The third-order valence-electron chi connectivity index (χ3n) is 2.83. The van der Waals surface area contributed by atoms with Crippen LogP contribution in [0.25, 0.3) is 0 Å². The highest BCUT2D eigenvalue weighted by molar-refractivity contribution is 7.98. The summed E-state index contributed by atoms with van der Waals surface area (Å²) in [6.07, 6.45) is 3.19. The van der Waals surface area contributed by atoms with Gasteiger partial charge >= 0.3 is 0 Å². The maximum Gasteiger partial charge on any atom is 0.0470 e. The number of nitrogens with one attached hydrogen (secondary N) is 1. The number of hydrazine groups is 1. The van der Waals surface area contributed by atoms with Crippen molar-refractivity contribution in [1.82, 2.24) is 5.43 Å². The molecule has 0 radical (unpaired) electrons. The van der Waals surface area contributed by atoms with Gasteiger partial charge in [0.05, 0.1) is 0 Å². The quantitative estimate of drug-likeness (QED) is 0.596. The number of hydrogen-bond donors (Lipinski definition) is 2. The molecule has 3 heteroatoms. The van der Waals surface area contributed by atoms with E-state index in [2.05, 4.69) is 43.7 Å². The minimum Gasteiger partial charge on any atom is -0.271 e. The number of benzene rings is 1. The highest BCUT2D eigenvalue weighted by atomic mass is 32.2. The number of thioether (sulfide) groups is 1. The van der Waals surface area contributed by atoms with Crippen LogP contribution >= 0.6 is 11.8 Å². The van der Waals surface area contributed by atoms with Gasteiger partial charge in [-0.2, -0.15) is 11.8 Å². The summed E-state index contributed by atoms with van der Waals surface area (Å²) in [7, 11) is 0. The normalized spacial score (nSPS) is 12.8. The zero-order valence-electron chi connectivity index (χ0n) is 9.71. The summed E-state index contributed by atoms with van der Waals surface area (Å²) >= 11 is 1.85. The van der Waals surface area contributed by atoms with Crippen LogP contribution in [0.1, 0.15) is 29.2 Å². The Kier molecular flexibility index (Phi) is 5.15.